The topological polar surface area (TPSA) is 79.5 Å². The van der Waals surface area contributed by atoms with Crippen LogP contribution in [0.5, 0.6) is 0 Å². The molecular formula is C10H12F3N3O3. The smallest absolute Gasteiger partial charge is 0.395 e. The molecule has 0 unspecified atom stereocenters. The summed E-state index contributed by atoms with van der Waals surface area (Å²) in [6.07, 6.45) is -3.36. The zero-order valence-electron chi connectivity index (χ0n) is 10.0. The van der Waals surface area contributed by atoms with Crippen molar-refractivity contribution in [2.45, 2.75) is 13.1 Å². The van der Waals surface area contributed by atoms with Crippen LogP contribution in [0.2, 0.25) is 0 Å². The van der Waals surface area contributed by atoms with Crippen molar-refractivity contribution in [1.29, 1.82) is 0 Å². The molecule has 1 N–H and O–H groups in total. The van der Waals surface area contributed by atoms with Crippen LogP contribution in [0.15, 0.2) is 12.3 Å². The molecule has 9 heteroatoms. The van der Waals surface area contributed by atoms with E-state index in [4.69, 9.17) is 5.11 Å². The van der Waals surface area contributed by atoms with E-state index < -0.39 is 24.3 Å². The van der Waals surface area contributed by atoms with Crippen LogP contribution >= 0.6 is 0 Å². The van der Waals surface area contributed by atoms with Gasteiger partial charge in [-0.2, -0.15) is 13.2 Å². The number of aromatic nitrogens is 1. The lowest BCUT2D eigenvalue weighted by Gasteiger charge is -2.23. The summed E-state index contributed by atoms with van der Waals surface area (Å²) >= 11 is 0. The first kappa shape index (κ1) is 15.2. The van der Waals surface area contributed by atoms with Gasteiger partial charge in [0.1, 0.15) is 12.4 Å². The van der Waals surface area contributed by atoms with Crippen molar-refractivity contribution in [2.24, 2.45) is 0 Å². The van der Waals surface area contributed by atoms with Crippen LogP contribution in [0.4, 0.5) is 24.7 Å². The Bertz CT molecular complexity index is 465. The van der Waals surface area contributed by atoms with E-state index in [2.05, 4.69) is 4.98 Å². The van der Waals surface area contributed by atoms with Gasteiger partial charge in [0.15, 0.2) is 0 Å². The van der Waals surface area contributed by atoms with Gasteiger partial charge in [-0.1, -0.05) is 0 Å². The molecule has 0 saturated carbocycles. The second kappa shape index (κ2) is 5.83. The van der Waals surface area contributed by atoms with Crippen LogP contribution in [-0.4, -0.2) is 40.9 Å². The van der Waals surface area contributed by atoms with Crippen molar-refractivity contribution < 1.29 is 23.2 Å². The second-order valence-electron chi connectivity index (χ2n) is 3.85. The Morgan fingerprint density at radius 1 is 1.53 bits per heavy atom. The lowest BCUT2D eigenvalue weighted by atomic mass is 10.2. The number of rotatable bonds is 5. The summed E-state index contributed by atoms with van der Waals surface area (Å²) in [6, 6.07) is 0.969. The summed E-state index contributed by atoms with van der Waals surface area (Å²) in [5, 5.41) is 19.5. The number of aryl methyl sites for hydroxylation is 1. The fraction of sp³-hybridized carbons (Fsp3) is 0.500. The molecule has 0 aliphatic heterocycles. The van der Waals surface area contributed by atoms with Crippen molar-refractivity contribution in [1.82, 2.24) is 4.98 Å². The Hall–Kier alpha value is -1.90. The monoisotopic (exact) mass is 279 g/mol. The third kappa shape index (κ3) is 4.36. The van der Waals surface area contributed by atoms with Gasteiger partial charge in [-0.15, -0.1) is 0 Å². The van der Waals surface area contributed by atoms with Crippen LogP contribution in [0, 0.1) is 17.0 Å². The molecule has 6 nitrogen and oxygen atoms in total. The van der Waals surface area contributed by atoms with E-state index in [1.807, 2.05) is 0 Å². The van der Waals surface area contributed by atoms with Gasteiger partial charge >= 0.3 is 6.18 Å². The SMILES string of the molecule is Cc1cnc(N(CCO)CC(F)(F)F)cc1[N+](=O)[O-]. The van der Waals surface area contributed by atoms with Crippen molar-refractivity contribution in [3.05, 3.63) is 27.9 Å². The highest BCUT2D eigenvalue weighted by Gasteiger charge is 2.31. The number of nitro groups is 1. The molecule has 0 aliphatic rings. The van der Waals surface area contributed by atoms with Gasteiger partial charge in [0.2, 0.25) is 0 Å². The van der Waals surface area contributed by atoms with Crippen LogP contribution < -0.4 is 4.90 Å². The number of anilines is 1. The van der Waals surface area contributed by atoms with E-state index in [0.29, 0.717) is 0 Å². The number of pyridine rings is 1. The summed E-state index contributed by atoms with van der Waals surface area (Å²) < 4.78 is 37.1. The van der Waals surface area contributed by atoms with Gasteiger partial charge in [-0.25, -0.2) is 4.98 Å². The highest BCUT2D eigenvalue weighted by molar-refractivity contribution is 5.50. The minimum atomic E-state index is -4.49. The summed E-state index contributed by atoms with van der Waals surface area (Å²) in [5.74, 6) is -0.191. The van der Waals surface area contributed by atoms with Gasteiger partial charge in [-0.05, 0) is 6.92 Å². The van der Waals surface area contributed by atoms with Gasteiger partial charge in [-0.3, -0.25) is 10.1 Å². The average molecular weight is 279 g/mol. The number of aliphatic hydroxyl groups is 1. The highest BCUT2D eigenvalue weighted by atomic mass is 19.4. The van der Waals surface area contributed by atoms with Crippen molar-refractivity contribution in [2.75, 3.05) is 24.6 Å². The molecule has 0 bridgehead atoms. The molecule has 0 radical (unpaired) electrons. The molecule has 106 valence electrons. The van der Waals surface area contributed by atoms with Crippen molar-refractivity contribution in [3.8, 4) is 0 Å². The normalized spacial score (nSPS) is 11.4. The van der Waals surface area contributed by atoms with Crippen molar-refractivity contribution >= 4 is 11.5 Å². The Kier molecular flexibility index (Phi) is 4.65. The number of hydrogen-bond donors (Lipinski definition) is 1. The maximum atomic E-state index is 12.4. The van der Waals surface area contributed by atoms with E-state index in [1.54, 1.807) is 0 Å². The number of aliphatic hydroxyl groups excluding tert-OH is 1. The van der Waals surface area contributed by atoms with Gasteiger partial charge in [0, 0.05) is 18.3 Å². The van der Waals surface area contributed by atoms with Crippen LogP contribution in [-0.2, 0) is 0 Å². The molecule has 0 atom stereocenters. The first-order valence-corrected chi connectivity index (χ1v) is 5.28. The van der Waals surface area contributed by atoms with E-state index in [9.17, 15) is 23.3 Å². The standard InChI is InChI=1S/C10H12F3N3O3/c1-7-5-14-9(4-8(7)16(18)19)15(2-3-17)6-10(11,12)13/h4-5,17H,2-3,6H2,1H3. The molecule has 1 rings (SSSR count). The molecule has 0 aromatic carbocycles. The van der Waals surface area contributed by atoms with E-state index in [-0.39, 0.29) is 23.6 Å². The predicted molar refractivity (Wildman–Crippen MR) is 61.0 cm³/mol. The Balaban J connectivity index is 3.09. The highest BCUT2D eigenvalue weighted by Crippen LogP contribution is 2.25. The zero-order valence-corrected chi connectivity index (χ0v) is 10.0. The molecule has 1 aromatic rings. The molecule has 0 amide bonds. The lowest BCUT2D eigenvalue weighted by Crippen LogP contribution is -2.36. The first-order chi connectivity index (χ1) is 8.74. The lowest BCUT2D eigenvalue weighted by molar-refractivity contribution is -0.385. The van der Waals surface area contributed by atoms with Gasteiger partial charge in [0.25, 0.3) is 5.69 Å². The number of halogens is 3. The van der Waals surface area contributed by atoms with Gasteiger partial charge in [0.05, 0.1) is 17.6 Å². The Morgan fingerprint density at radius 3 is 2.63 bits per heavy atom. The summed E-state index contributed by atoms with van der Waals surface area (Å²) in [6.45, 7) is -0.720. The largest absolute Gasteiger partial charge is 0.405 e. The third-order valence-corrected chi connectivity index (χ3v) is 2.32. The molecule has 1 heterocycles. The predicted octanol–water partition coefficient (Wildman–Crippen LogP) is 1.66. The van der Waals surface area contributed by atoms with E-state index in [0.717, 1.165) is 17.2 Å². The maximum Gasteiger partial charge on any atom is 0.405 e. The van der Waals surface area contributed by atoms with Crippen LogP contribution in [0.25, 0.3) is 0 Å². The summed E-state index contributed by atoms with van der Waals surface area (Å²) in [4.78, 5) is 14.5. The Labute approximate surface area is 106 Å². The molecule has 0 spiro atoms. The molecule has 0 aliphatic carbocycles. The second-order valence-corrected chi connectivity index (χ2v) is 3.85. The summed E-state index contributed by atoms with van der Waals surface area (Å²) in [7, 11) is 0. The zero-order chi connectivity index (χ0) is 14.6. The van der Waals surface area contributed by atoms with Gasteiger partial charge < -0.3 is 10.0 Å². The number of hydrogen-bond acceptors (Lipinski definition) is 5. The average Bonchev–Trinajstić information content (AvgIpc) is 2.27. The fourth-order valence-corrected chi connectivity index (χ4v) is 1.48. The van der Waals surface area contributed by atoms with Crippen LogP contribution in [0.3, 0.4) is 0 Å². The summed E-state index contributed by atoms with van der Waals surface area (Å²) in [5.41, 5.74) is -0.0557. The van der Waals surface area contributed by atoms with E-state index in [1.165, 1.54) is 6.92 Å². The third-order valence-electron chi connectivity index (χ3n) is 2.32. The Morgan fingerprint density at radius 2 is 2.16 bits per heavy atom. The quantitative estimate of drug-likeness (QED) is 0.655. The minimum Gasteiger partial charge on any atom is -0.395 e. The fourth-order valence-electron chi connectivity index (χ4n) is 1.48. The molecular weight excluding hydrogens is 267 g/mol. The molecule has 1 aromatic heterocycles. The number of alkyl halides is 3. The number of nitrogens with zero attached hydrogens (tertiary/aromatic N) is 3. The molecule has 0 fully saturated rings. The van der Waals surface area contributed by atoms with E-state index >= 15 is 0 Å². The first-order valence-electron chi connectivity index (χ1n) is 5.28. The van der Waals surface area contributed by atoms with Crippen molar-refractivity contribution in [3.63, 3.8) is 0 Å². The maximum absolute atomic E-state index is 12.4. The minimum absolute atomic E-state index is 0.191. The van der Waals surface area contributed by atoms with Crippen LogP contribution in [0.1, 0.15) is 5.56 Å². The molecule has 0 saturated heterocycles. The molecule has 19 heavy (non-hydrogen) atoms.